The van der Waals surface area contributed by atoms with Gasteiger partial charge in [0.1, 0.15) is 0 Å². The molecule has 1 aromatic carbocycles. The Kier molecular flexibility index (Phi) is 2.82. The summed E-state index contributed by atoms with van der Waals surface area (Å²) in [5, 5.41) is 22.0. The molecule has 0 amide bonds. The lowest BCUT2D eigenvalue weighted by Crippen LogP contribution is -2.34. The molecular formula is C11H15NO2. The van der Waals surface area contributed by atoms with Gasteiger partial charge in [0.05, 0.1) is 12.2 Å². The molecule has 1 saturated heterocycles. The van der Waals surface area contributed by atoms with Gasteiger partial charge in [-0.25, -0.2) is 0 Å². The van der Waals surface area contributed by atoms with Gasteiger partial charge < -0.3 is 15.5 Å². The first-order valence-corrected chi connectivity index (χ1v) is 4.91. The van der Waals surface area contributed by atoms with Crippen LogP contribution in [0.25, 0.3) is 0 Å². The zero-order valence-electron chi connectivity index (χ0n) is 7.93. The molecule has 1 aliphatic rings. The molecule has 1 fully saturated rings. The average molecular weight is 193 g/mol. The summed E-state index contributed by atoms with van der Waals surface area (Å²) in [6.45, 7) is 0.485. The molecule has 0 saturated carbocycles. The summed E-state index contributed by atoms with van der Waals surface area (Å²) in [7, 11) is 0. The predicted molar refractivity (Wildman–Crippen MR) is 54.0 cm³/mol. The van der Waals surface area contributed by atoms with E-state index in [2.05, 4.69) is 5.32 Å². The molecule has 1 heterocycles. The number of hydrogen-bond acceptors (Lipinski definition) is 3. The van der Waals surface area contributed by atoms with Crippen molar-refractivity contribution in [2.45, 2.75) is 24.7 Å². The van der Waals surface area contributed by atoms with Crippen molar-refractivity contribution in [3.63, 3.8) is 0 Å². The van der Waals surface area contributed by atoms with Crippen LogP contribution >= 0.6 is 0 Å². The Labute approximate surface area is 83.4 Å². The molecule has 3 atom stereocenters. The molecule has 76 valence electrons. The lowest BCUT2D eigenvalue weighted by Gasteiger charge is -2.15. The molecule has 3 nitrogen and oxygen atoms in total. The molecule has 3 N–H and O–H groups in total. The first-order valence-electron chi connectivity index (χ1n) is 4.91. The molecule has 0 spiro atoms. The van der Waals surface area contributed by atoms with Crippen molar-refractivity contribution < 1.29 is 10.2 Å². The standard InChI is InChI=1S/C11H15NO2/c13-10-7-12-9(11(10)14)6-8-4-2-1-3-5-8/h1-5,9-14H,6-7H2/t9-,10-,11-/m0/s1. The number of aliphatic hydroxyl groups excluding tert-OH is 2. The highest BCUT2D eigenvalue weighted by atomic mass is 16.3. The van der Waals surface area contributed by atoms with E-state index in [1.807, 2.05) is 30.3 Å². The van der Waals surface area contributed by atoms with E-state index in [0.717, 1.165) is 6.42 Å². The van der Waals surface area contributed by atoms with Crippen molar-refractivity contribution in [2.75, 3.05) is 6.54 Å². The summed E-state index contributed by atoms with van der Waals surface area (Å²) < 4.78 is 0. The Morgan fingerprint density at radius 3 is 2.50 bits per heavy atom. The smallest absolute Gasteiger partial charge is 0.0967 e. The number of aliphatic hydroxyl groups is 2. The van der Waals surface area contributed by atoms with E-state index in [1.54, 1.807) is 0 Å². The number of hydrogen-bond donors (Lipinski definition) is 3. The first kappa shape index (κ1) is 9.65. The van der Waals surface area contributed by atoms with E-state index in [9.17, 15) is 10.2 Å². The maximum atomic E-state index is 9.61. The van der Waals surface area contributed by atoms with E-state index < -0.39 is 12.2 Å². The van der Waals surface area contributed by atoms with E-state index in [4.69, 9.17) is 0 Å². The van der Waals surface area contributed by atoms with E-state index in [-0.39, 0.29) is 6.04 Å². The Balaban J connectivity index is 1.99. The monoisotopic (exact) mass is 193 g/mol. The van der Waals surface area contributed by atoms with Crippen LogP contribution in [-0.2, 0) is 6.42 Å². The fourth-order valence-electron chi connectivity index (χ4n) is 1.84. The summed E-state index contributed by atoms with van der Waals surface area (Å²) in [5.41, 5.74) is 1.18. The SMILES string of the molecule is O[C@H]1[C@H](Cc2ccccc2)NC[C@@H]1O. The van der Waals surface area contributed by atoms with Crippen LogP contribution in [0, 0.1) is 0 Å². The molecule has 0 aliphatic carbocycles. The number of nitrogens with one attached hydrogen (secondary N) is 1. The van der Waals surface area contributed by atoms with Gasteiger partial charge in [0.15, 0.2) is 0 Å². The average Bonchev–Trinajstić information content (AvgIpc) is 2.52. The summed E-state index contributed by atoms with van der Waals surface area (Å²) in [4.78, 5) is 0. The molecule has 1 aromatic rings. The lowest BCUT2D eigenvalue weighted by atomic mass is 10.0. The molecule has 0 radical (unpaired) electrons. The van der Waals surface area contributed by atoms with Crippen molar-refractivity contribution in [2.24, 2.45) is 0 Å². The molecular weight excluding hydrogens is 178 g/mol. The van der Waals surface area contributed by atoms with Gasteiger partial charge in [0.2, 0.25) is 0 Å². The molecule has 0 unspecified atom stereocenters. The molecule has 0 aromatic heterocycles. The van der Waals surface area contributed by atoms with Crippen LogP contribution in [0.3, 0.4) is 0 Å². The maximum Gasteiger partial charge on any atom is 0.0967 e. The zero-order valence-corrected chi connectivity index (χ0v) is 7.93. The van der Waals surface area contributed by atoms with Crippen molar-refractivity contribution in [3.05, 3.63) is 35.9 Å². The topological polar surface area (TPSA) is 52.5 Å². The highest BCUT2D eigenvalue weighted by Gasteiger charge is 2.32. The summed E-state index contributed by atoms with van der Waals surface area (Å²) >= 11 is 0. The second-order valence-corrected chi connectivity index (χ2v) is 3.76. The minimum Gasteiger partial charge on any atom is -0.389 e. The third-order valence-corrected chi connectivity index (χ3v) is 2.69. The highest BCUT2D eigenvalue weighted by molar-refractivity contribution is 5.17. The van der Waals surface area contributed by atoms with Crippen LogP contribution in [0.2, 0.25) is 0 Å². The van der Waals surface area contributed by atoms with Crippen LogP contribution in [0.1, 0.15) is 5.56 Å². The molecule has 3 heteroatoms. The fourth-order valence-corrected chi connectivity index (χ4v) is 1.84. The van der Waals surface area contributed by atoms with Crippen LogP contribution < -0.4 is 5.32 Å². The Morgan fingerprint density at radius 2 is 1.93 bits per heavy atom. The summed E-state index contributed by atoms with van der Waals surface area (Å²) in [6.07, 6.45) is -0.502. The molecule has 1 aliphatic heterocycles. The van der Waals surface area contributed by atoms with Gasteiger partial charge in [-0.1, -0.05) is 30.3 Å². The normalized spacial score (nSPS) is 32.0. The Morgan fingerprint density at radius 1 is 1.21 bits per heavy atom. The second kappa shape index (κ2) is 4.09. The number of benzene rings is 1. The van der Waals surface area contributed by atoms with Gasteiger partial charge in [-0.05, 0) is 12.0 Å². The Bertz CT molecular complexity index is 289. The van der Waals surface area contributed by atoms with E-state index in [0.29, 0.717) is 6.54 Å². The summed E-state index contributed by atoms with van der Waals surface area (Å²) in [6, 6.07) is 9.96. The minimum atomic E-state index is -0.643. The van der Waals surface area contributed by atoms with Crippen molar-refractivity contribution >= 4 is 0 Å². The van der Waals surface area contributed by atoms with Gasteiger partial charge in [-0.3, -0.25) is 0 Å². The Hall–Kier alpha value is -0.900. The minimum absolute atomic E-state index is 0.0209. The quantitative estimate of drug-likeness (QED) is 0.616. The highest BCUT2D eigenvalue weighted by Crippen LogP contribution is 2.13. The van der Waals surface area contributed by atoms with Gasteiger partial charge in [-0.2, -0.15) is 0 Å². The van der Waals surface area contributed by atoms with Crippen molar-refractivity contribution in [1.29, 1.82) is 0 Å². The second-order valence-electron chi connectivity index (χ2n) is 3.76. The van der Waals surface area contributed by atoms with Crippen LogP contribution in [0.15, 0.2) is 30.3 Å². The van der Waals surface area contributed by atoms with Crippen molar-refractivity contribution in [3.8, 4) is 0 Å². The van der Waals surface area contributed by atoms with E-state index in [1.165, 1.54) is 5.56 Å². The van der Waals surface area contributed by atoms with Crippen LogP contribution in [0.4, 0.5) is 0 Å². The predicted octanol–water partition coefficient (Wildman–Crippen LogP) is -0.0773. The lowest BCUT2D eigenvalue weighted by molar-refractivity contribution is 0.0408. The molecule has 0 bridgehead atoms. The third kappa shape index (κ3) is 1.95. The van der Waals surface area contributed by atoms with Gasteiger partial charge >= 0.3 is 0 Å². The van der Waals surface area contributed by atoms with E-state index >= 15 is 0 Å². The third-order valence-electron chi connectivity index (χ3n) is 2.69. The first-order chi connectivity index (χ1) is 6.77. The fraction of sp³-hybridized carbons (Fsp3) is 0.455. The van der Waals surface area contributed by atoms with Gasteiger partial charge in [0, 0.05) is 12.6 Å². The molecule has 14 heavy (non-hydrogen) atoms. The van der Waals surface area contributed by atoms with Crippen LogP contribution in [0.5, 0.6) is 0 Å². The van der Waals surface area contributed by atoms with Gasteiger partial charge in [0.25, 0.3) is 0 Å². The maximum absolute atomic E-state index is 9.61. The number of β-amino-alcohol motifs (C(OH)–C–C–N with tert-alkyl or cyclic N) is 1. The van der Waals surface area contributed by atoms with Gasteiger partial charge in [-0.15, -0.1) is 0 Å². The number of rotatable bonds is 2. The molecule has 2 rings (SSSR count). The zero-order chi connectivity index (χ0) is 9.97. The van der Waals surface area contributed by atoms with Crippen molar-refractivity contribution in [1.82, 2.24) is 5.32 Å². The van der Waals surface area contributed by atoms with Crippen LogP contribution in [-0.4, -0.2) is 35.0 Å². The summed E-state index contributed by atoms with van der Waals surface area (Å²) in [5.74, 6) is 0. The largest absolute Gasteiger partial charge is 0.389 e.